The second-order valence-electron chi connectivity index (χ2n) is 24.8. The second-order valence-corrected chi connectivity index (χ2v) is 28.5. The summed E-state index contributed by atoms with van der Waals surface area (Å²) in [6.45, 7) is 24.3. The molecule has 2 atom stereocenters. The second kappa shape index (κ2) is 14.0. The van der Waals surface area contributed by atoms with Gasteiger partial charge in [-0.2, -0.15) is 0 Å². The fraction of sp³-hybridized carbons (Fsp3) is 0.246. The molecule has 0 saturated heterocycles. The summed E-state index contributed by atoms with van der Waals surface area (Å²) in [5.41, 5.74) is 22.4. The van der Waals surface area contributed by atoms with Gasteiger partial charge in [0.05, 0.1) is 16.8 Å². The molecule has 71 heavy (non-hydrogen) atoms. The van der Waals surface area contributed by atoms with Crippen molar-refractivity contribution in [1.29, 1.82) is 0 Å². The number of allylic oxidation sites excluding steroid dienone is 4. The number of anilines is 3. The molecule has 0 radical (unpaired) electrons. The maximum Gasteiger partial charge on any atom is 0.182 e. The highest BCUT2D eigenvalue weighted by atomic mass is 28.3. The van der Waals surface area contributed by atoms with E-state index in [2.05, 4.69) is 262 Å². The molecule has 3 heterocycles. The normalized spacial score (nSPS) is 20.0. The monoisotopic (exact) mass is 933 g/mol. The molecular weight excluding hydrogens is 871 g/mol. The quantitative estimate of drug-likeness (QED) is 0.148. The first-order chi connectivity index (χ1) is 34.0. The van der Waals surface area contributed by atoms with Gasteiger partial charge in [-0.1, -0.05) is 239 Å². The molecule has 2 spiro atoms. The van der Waals surface area contributed by atoms with E-state index in [-0.39, 0.29) is 21.7 Å². The number of nitrogens with zero attached hydrogens (tertiary/aromatic N) is 1. The number of fused-ring (bicyclic) bond motifs is 22. The van der Waals surface area contributed by atoms with Gasteiger partial charge in [0.25, 0.3) is 0 Å². The lowest BCUT2D eigenvalue weighted by molar-refractivity contribution is 0.394. The highest BCUT2D eigenvalue weighted by molar-refractivity contribution is 7.24. The summed E-state index contributed by atoms with van der Waals surface area (Å²) in [7, 11) is -2.75. The average molecular weight is 934 g/mol. The summed E-state index contributed by atoms with van der Waals surface area (Å²) in [5, 5.41) is 6.03. The molecule has 0 amide bonds. The van der Waals surface area contributed by atoms with Crippen LogP contribution in [0.25, 0.3) is 22.3 Å². The fourth-order valence-electron chi connectivity index (χ4n) is 15.2. The molecule has 3 aliphatic carbocycles. The van der Waals surface area contributed by atoms with Crippen LogP contribution in [0.3, 0.4) is 0 Å². The zero-order valence-corrected chi connectivity index (χ0v) is 44.0. The Morgan fingerprint density at radius 3 is 1.54 bits per heavy atom. The summed E-state index contributed by atoms with van der Waals surface area (Å²) in [6, 6.07) is 65.7. The van der Waals surface area contributed by atoms with Gasteiger partial charge in [0.1, 0.15) is 0 Å². The largest absolute Gasteiger partial charge is 0.310 e. The summed E-state index contributed by atoms with van der Waals surface area (Å²) < 4.78 is 0. The van der Waals surface area contributed by atoms with E-state index in [1.54, 1.807) is 0 Å². The van der Waals surface area contributed by atoms with Crippen molar-refractivity contribution >= 4 is 45.9 Å². The van der Waals surface area contributed by atoms with E-state index in [4.69, 9.17) is 0 Å². The van der Waals surface area contributed by atoms with Crippen LogP contribution in [0.5, 0.6) is 0 Å². The number of rotatable bonds is 1. The number of hydrogen-bond donors (Lipinski definition) is 0. The summed E-state index contributed by atoms with van der Waals surface area (Å²) >= 11 is 0. The van der Waals surface area contributed by atoms with Crippen LogP contribution < -0.4 is 25.6 Å². The van der Waals surface area contributed by atoms with Crippen LogP contribution >= 0.6 is 0 Å². The van der Waals surface area contributed by atoms with E-state index in [0.717, 1.165) is 0 Å². The van der Waals surface area contributed by atoms with Crippen molar-refractivity contribution in [3.63, 3.8) is 0 Å². The molecule has 14 rings (SSSR count). The number of benzene rings is 8. The van der Waals surface area contributed by atoms with Crippen LogP contribution in [0, 0.1) is 5.92 Å². The lowest BCUT2D eigenvalue weighted by Crippen LogP contribution is -2.70. The Balaban J connectivity index is 1.14. The molecule has 348 valence electrons. The van der Waals surface area contributed by atoms with Crippen LogP contribution in [0.15, 0.2) is 188 Å². The van der Waals surface area contributed by atoms with Gasteiger partial charge in [-0.05, 0) is 139 Å². The summed E-state index contributed by atoms with van der Waals surface area (Å²) in [6.07, 6.45) is 9.58. The summed E-state index contributed by atoms with van der Waals surface area (Å²) in [5.74, 6) is 0.636. The first kappa shape index (κ1) is 43.1. The highest BCUT2D eigenvalue weighted by Crippen LogP contribution is 2.67. The molecule has 0 saturated carbocycles. The van der Waals surface area contributed by atoms with Gasteiger partial charge in [-0.3, -0.25) is 0 Å². The van der Waals surface area contributed by atoms with E-state index in [9.17, 15) is 0 Å². The van der Waals surface area contributed by atoms with E-state index < -0.39 is 13.5 Å². The van der Waals surface area contributed by atoms with Crippen molar-refractivity contribution < 1.29 is 0 Å². The molecule has 0 fully saturated rings. The zero-order chi connectivity index (χ0) is 48.8. The Kier molecular flexibility index (Phi) is 8.50. The van der Waals surface area contributed by atoms with Crippen LogP contribution in [0.2, 0.25) is 0 Å². The number of para-hydroxylation sites is 1. The third kappa shape index (κ3) is 5.27. The molecular formula is C69H63NSi. The lowest BCUT2D eigenvalue weighted by atomic mass is 9.52. The predicted molar refractivity (Wildman–Crippen MR) is 302 cm³/mol. The molecule has 0 N–H and O–H groups in total. The van der Waals surface area contributed by atoms with Gasteiger partial charge in [-0.15, -0.1) is 0 Å². The standard InChI is InChI=1S/C69H63NSi/c1-65(2,3)42-31-36-52-56(39-42)69(57-40-43(66(4,5)6)32-37-53(57)67(52,7)8)54-26-16-17-27-58(54)70(64-55(69)38-35-50-45-21-11-15-25-51(45)68(9,10)63(50)64)44-33-34-49-48-24-14-20-30-61(48)71(62(49)41-44)59-28-18-12-22-46(59)47-23-13-19-29-60(47)71/h11-41,45,51H,1-10H3. The molecule has 2 unspecified atom stereocenters. The van der Waals surface area contributed by atoms with E-state index >= 15 is 0 Å². The minimum absolute atomic E-state index is 0.0510. The third-order valence-corrected chi connectivity index (χ3v) is 23.5. The van der Waals surface area contributed by atoms with Crippen molar-refractivity contribution in [3.8, 4) is 22.3 Å². The van der Waals surface area contributed by atoms with Crippen molar-refractivity contribution in [2.45, 2.75) is 102 Å². The Morgan fingerprint density at radius 1 is 0.451 bits per heavy atom. The molecule has 3 aliphatic heterocycles. The molecule has 8 aromatic carbocycles. The Hall–Kier alpha value is -6.74. The molecule has 0 aromatic heterocycles. The number of hydrogen-bond acceptors (Lipinski definition) is 1. The van der Waals surface area contributed by atoms with Gasteiger partial charge in [0.2, 0.25) is 0 Å². The summed E-state index contributed by atoms with van der Waals surface area (Å²) in [4.78, 5) is 2.76. The smallest absolute Gasteiger partial charge is 0.182 e. The van der Waals surface area contributed by atoms with Crippen LogP contribution in [0.4, 0.5) is 17.1 Å². The van der Waals surface area contributed by atoms with Gasteiger partial charge in [0, 0.05) is 17.0 Å². The SMILES string of the molecule is CC(C)(C)c1ccc2c(c1)C1(c3ccccc3N(c3ccc4c(c3)[Si]3(c5ccccc5-c5ccccc53)c3ccccc3-4)c3c1ccc1c3C(C)(C)C3C=CC=CC13)c1cc(C(C)(C)C)ccc1C2(C)C. The first-order valence-electron chi connectivity index (χ1n) is 26.2. The minimum atomic E-state index is -2.75. The Labute approximate surface area is 422 Å². The van der Waals surface area contributed by atoms with E-state index in [0.29, 0.717) is 11.8 Å². The van der Waals surface area contributed by atoms with E-state index in [1.165, 1.54) is 116 Å². The minimum Gasteiger partial charge on any atom is -0.310 e. The van der Waals surface area contributed by atoms with Crippen LogP contribution in [-0.2, 0) is 27.1 Å². The fourth-order valence-corrected chi connectivity index (χ4v) is 20.8. The van der Waals surface area contributed by atoms with Gasteiger partial charge in [-0.25, -0.2) is 0 Å². The first-order valence-corrected chi connectivity index (χ1v) is 28.2. The third-order valence-electron chi connectivity index (χ3n) is 18.5. The van der Waals surface area contributed by atoms with Crippen molar-refractivity contribution in [3.05, 3.63) is 244 Å². The van der Waals surface area contributed by atoms with Crippen LogP contribution in [-0.4, -0.2) is 8.07 Å². The average Bonchev–Trinajstić information content (AvgIpc) is 3.93. The lowest BCUT2D eigenvalue weighted by Gasteiger charge is -2.54. The molecule has 0 bridgehead atoms. The van der Waals surface area contributed by atoms with Crippen molar-refractivity contribution in [2.24, 2.45) is 5.92 Å². The van der Waals surface area contributed by atoms with E-state index in [1.807, 2.05) is 0 Å². The predicted octanol–water partition coefficient (Wildman–Crippen LogP) is 14.5. The van der Waals surface area contributed by atoms with Gasteiger partial charge >= 0.3 is 0 Å². The molecule has 6 aliphatic rings. The topological polar surface area (TPSA) is 3.24 Å². The van der Waals surface area contributed by atoms with Crippen molar-refractivity contribution in [1.82, 2.24) is 0 Å². The maximum atomic E-state index is 2.76. The van der Waals surface area contributed by atoms with Gasteiger partial charge < -0.3 is 4.90 Å². The van der Waals surface area contributed by atoms with Crippen LogP contribution in [0.1, 0.15) is 131 Å². The molecule has 2 heteroatoms. The van der Waals surface area contributed by atoms with Crippen molar-refractivity contribution in [2.75, 3.05) is 4.90 Å². The Bertz CT molecular complexity index is 3580. The van der Waals surface area contributed by atoms with Gasteiger partial charge in [0.15, 0.2) is 8.07 Å². The maximum absolute atomic E-state index is 2.76. The molecule has 8 aromatic rings. The highest BCUT2D eigenvalue weighted by Gasteiger charge is 2.58. The zero-order valence-electron chi connectivity index (χ0n) is 43.0. The molecule has 1 nitrogen and oxygen atoms in total. The Morgan fingerprint density at radius 2 is 0.958 bits per heavy atom.